The zero-order chi connectivity index (χ0) is 21.0. The highest BCUT2D eigenvalue weighted by Gasteiger charge is 2.15. The molecule has 0 saturated heterocycles. The number of aryl methyl sites for hydroxylation is 3. The highest BCUT2D eigenvalue weighted by molar-refractivity contribution is 5.91. The lowest BCUT2D eigenvalue weighted by Crippen LogP contribution is -2.31. The maximum atomic E-state index is 12.3. The molecule has 6 nitrogen and oxygen atoms in total. The van der Waals surface area contributed by atoms with Crippen LogP contribution in [0.4, 0.5) is 0 Å². The van der Waals surface area contributed by atoms with E-state index in [0.717, 1.165) is 22.5 Å². The van der Waals surface area contributed by atoms with Crippen LogP contribution in [-0.2, 0) is 16.1 Å². The van der Waals surface area contributed by atoms with Crippen LogP contribution in [0.2, 0.25) is 0 Å². The van der Waals surface area contributed by atoms with Gasteiger partial charge < -0.3 is 9.64 Å². The summed E-state index contributed by atoms with van der Waals surface area (Å²) in [4.78, 5) is 26.2. The molecule has 1 amide bonds. The largest absolute Gasteiger partial charge is 0.452 e. The number of hydrogen-bond acceptors (Lipinski definition) is 4. The van der Waals surface area contributed by atoms with Crippen LogP contribution in [0.5, 0.6) is 0 Å². The minimum absolute atomic E-state index is 0.248. The maximum Gasteiger partial charge on any atom is 0.338 e. The number of aromatic nitrogens is 2. The Kier molecular flexibility index (Phi) is 6.12. The van der Waals surface area contributed by atoms with E-state index >= 15 is 0 Å². The van der Waals surface area contributed by atoms with Gasteiger partial charge in [0, 0.05) is 25.5 Å². The molecule has 0 aliphatic heterocycles. The number of nitrogens with zero attached hydrogens (tertiary/aromatic N) is 3. The molecular weight excluding hydrogens is 366 g/mol. The van der Waals surface area contributed by atoms with Crippen LogP contribution < -0.4 is 0 Å². The van der Waals surface area contributed by atoms with E-state index < -0.39 is 5.97 Å². The van der Waals surface area contributed by atoms with Crippen LogP contribution in [0.25, 0.3) is 5.69 Å². The van der Waals surface area contributed by atoms with E-state index in [1.54, 1.807) is 47.1 Å². The van der Waals surface area contributed by atoms with Gasteiger partial charge in [-0.3, -0.25) is 4.79 Å². The molecule has 0 aliphatic rings. The monoisotopic (exact) mass is 391 g/mol. The Morgan fingerprint density at radius 2 is 1.76 bits per heavy atom. The molecule has 0 spiro atoms. The van der Waals surface area contributed by atoms with E-state index in [2.05, 4.69) is 11.2 Å². The molecule has 2 aromatic carbocycles. The summed E-state index contributed by atoms with van der Waals surface area (Å²) in [6.45, 7) is 6.19. The highest BCUT2D eigenvalue weighted by Crippen LogP contribution is 2.14. The molecule has 3 aromatic rings. The summed E-state index contributed by atoms with van der Waals surface area (Å²) < 4.78 is 6.98. The van der Waals surface area contributed by atoms with E-state index in [-0.39, 0.29) is 12.5 Å². The molecule has 0 radical (unpaired) electrons. The Morgan fingerprint density at radius 1 is 1.03 bits per heavy atom. The Balaban J connectivity index is 1.55. The van der Waals surface area contributed by atoms with Crippen LogP contribution in [0.15, 0.2) is 54.7 Å². The van der Waals surface area contributed by atoms with Gasteiger partial charge >= 0.3 is 5.97 Å². The van der Waals surface area contributed by atoms with Crippen molar-refractivity contribution in [3.05, 3.63) is 82.7 Å². The summed E-state index contributed by atoms with van der Waals surface area (Å²) in [7, 11) is 1.71. The number of carbonyl (C=O) groups excluding carboxylic acids is 2. The normalized spacial score (nSPS) is 10.6. The van der Waals surface area contributed by atoms with Gasteiger partial charge in [0.05, 0.1) is 11.3 Å². The first kappa shape index (κ1) is 20.3. The molecule has 0 bridgehead atoms. The van der Waals surface area contributed by atoms with Gasteiger partial charge in [-0.25, -0.2) is 9.48 Å². The maximum absolute atomic E-state index is 12.3. The first-order valence-electron chi connectivity index (χ1n) is 9.43. The fraction of sp³-hybridized carbons (Fsp3) is 0.261. The van der Waals surface area contributed by atoms with Crippen LogP contribution in [0.3, 0.4) is 0 Å². The zero-order valence-electron chi connectivity index (χ0n) is 17.2. The van der Waals surface area contributed by atoms with Gasteiger partial charge in [0.15, 0.2) is 6.61 Å². The number of esters is 1. The van der Waals surface area contributed by atoms with Gasteiger partial charge in [0.25, 0.3) is 5.91 Å². The molecule has 29 heavy (non-hydrogen) atoms. The number of amides is 1. The van der Waals surface area contributed by atoms with Crippen molar-refractivity contribution in [2.45, 2.75) is 27.3 Å². The average Bonchev–Trinajstić information content (AvgIpc) is 3.14. The van der Waals surface area contributed by atoms with E-state index in [4.69, 9.17) is 4.74 Å². The second kappa shape index (κ2) is 8.73. The van der Waals surface area contributed by atoms with Crippen molar-refractivity contribution in [2.24, 2.45) is 0 Å². The smallest absolute Gasteiger partial charge is 0.338 e. The molecule has 150 valence electrons. The van der Waals surface area contributed by atoms with Crippen molar-refractivity contribution in [1.29, 1.82) is 0 Å². The number of benzene rings is 2. The van der Waals surface area contributed by atoms with Crippen molar-refractivity contribution in [3.8, 4) is 5.69 Å². The predicted molar refractivity (Wildman–Crippen MR) is 111 cm³/mol. The minimum atomic E-state index is -0.526. The third-order valence-corrected chi connectivity index (χ3v) is 4.84. The summed E-state index contributed by atoms with van der Waals surface area (Å²) in [5.74, 6) is -0.774. The molecule has 6 heteroatoms. The molecule has 0 saturated carbocycles. The van der Waals surface area contributed by atoms with Crippen LogP contribution >= 0.6 is 0 Å². The number of carbonyl (C=O) groups is 2. The molecule has 1 heterocycles. The summed E-state index contributed by atoms with van der Waals surface area (Å²) >= 11 is 0. The van der Waals surface area contributed by atoms with Gasteiger partial charge in [0.2, 0.25) is 0 Å². The summed E-state index contributed by atoms with van der Waals surface area (Å²) in [6.07, 6.45) is 1.72. The lowest BCUT2D eigenvalue weighted by atomic mass is 10.1. The molecule has 1 aromatic heterocycles. The number of likely N-dealkylation sites (N-methyl/N-ethyl adjacent to an activating group) is 1. The van der Waals surface area contributed by atoms with Gasteiger partial charge in [0.1, 0.15) is 0 Å². The first-order valence-corrected chi connectivity index (χ1v) is 9.43. The van der Waals surface area contributed by atoms with Gasteiger partial charge in [-0.1, -0.05) is 23.8 Å². The SMILES string of the molecule is Cc1ccc(CN(C)C(=O)COC(=O)c2ccc(-n3nccc3C)cc2)c(C)c1. The Hall–Kier alpha value is -3.41. The topological polar surface area (TPSA) is 64.4 Å². The van der Waals surface area contributed by atoms with Crippen molar-refractivity contribution < 1.29 is 14.3 Å². The fourth-order valence-electron chi connectivity index (χ4n) is 3.07. The predicted octanol–water partition coefficient (Wildman–Crippen LogP) is 3.61. The fourth-order valence-corrected chi connectivity index (χ4v) is 3.07. The second-order valence-corrected chi connectivity index (χ2v) is 7.19. The van der Waals surface area contributed by atoms with Gasteiger partial charge in [-0.15, -0.1) is 0 Å². The number of ether oxygens (including phenoxy) is 1. The van der Waals surface area contributed by atoms with Crippen LogP contribution in [-0.4, -0.2) is 40.2 Å². The van der Waals surface area contributed by atoms with Gasteiger partial charge in [-0.2, -0.15) is 5.10 Å². The van der Waals surface area contributed by atoms with Crippen molar-refractivity contribution in [3.63, 3.8) is 0 Å². The third-order valence-electron chi connectivity index (χ3n) is 4.84. The molecule has 0 fully saturated rings. The van der Waals surface area contributed by atoms with Crippen molar-refractivity contribution >= 4 is 11.9 Å². The quantitative estimate of drug-likeness (QED) is 0.602. The molecule has 0 unspecified atom stereocenters. The Morgan fingerprint density at radius 3 is 2.38 bits per heavy atom. The zero-order valence-corrected chi connectivity index (χ0v) is 17.2. The van der Waals surface area contributed by atoms with E-state index in [9.17, 15) is 9.59 Å². The lowest BCUT2D eigenvalue weighted by molar-refractivity contribution is -0.133. The van der Waals surface area contributed by atoms with E-state index in [1.165, 1.54) is 5.56 Å². The Labute approximate surface area is 170 Å². The molecule has 0 N–H and O–H groups in total. The molecule has 3 rings (SSSR count). The van der Waals surface area contributed by atoms with Gasteiger partial charge in [-0.05, 0) is 62.2 Å². The first-order chi connectivity index (χ1) is 13.8. The second-order valence-electron chi connectivity index (χ2n) is 7.19. The highest BCUT2D eigenvalue weighted by atomic mass is 16.5. The third kappa shape index (κ3) is 4.90. The molecule has 0 aliphatic carbocycles. The van der Waals surface area contributed by atoms with E-state index in [0.29, 0.717) is 12.1 Å². The standard InChI is InChI=1S/C23H25N3O3/c1-16-5-6-20(17(2)13-16)14-25(4)22(27)15-29-23(28)19-7-9-21(10-8-19)26-18(3)11-12-24-26/h5-13H,14-15H2,1-4H3. The van der Waals surface area contributed by atoms with Crippen LogP contribution in [0.1, 0.15) is 32.7 Å². The average molecular weight is 391 g/mol. The summed E-state index contributed by atoms with van der Waals surface area (Å²) in [5.41, 5.74) is 5.63. The summed E-state index contributed by atoms with van der Waals surface area (Å²) in [5, 5.41) is 4.24. The molecule has 0 atom stereocenters. The van der Waals surface area contributed by atoms with Crippen molar-refractivity contribution in [1.82, 2.24) is 14.7 Å². The number of rotatable bonds is 6. The van der Waals surface area contributed by atoms with Crippen molar-refractivity contribution in [2.75, 3.05) is 13.7 Å². The number of hydrogen-bond donors (Lipinski definition) is 0. The lowest BCUT2D eigenvalue weighted by Gasteiger charge is -2.18. The van der Waals surface area contributed by atoms with Crippen LogP contribution in [0, 0.1) is 20.8 Å². The molecular formula is C23H25N3O3. The van der Waals surface area contributed by atoms with E-state index in [1.807, 2.05) is 39.0 Å². The minimum Gasteiger partial charge on any atom is -0.452 e. The Bertz CT molecular complexity index is 1020. The summed E-state index contributed by atoms with van der Waals surface area (Å²) in [6, 6.07) is 15.0.